The minimum Gasteiger partial charge on any atom is -0.341 e. The maximum absolute atomic E-state index is 12.2. The van der Waals surface area contributed by atoms with Gasteiger partial charge in [-0.15, -0.1) is 5.10 Å². The zero-order valence-electron chi connectivity index (χ0n) is 12.5. The van der Waals surface area contributed by atoms with Crippen molar-refractivity contribution in [1.29, 1.82) is 0 Å². The first-order valence-corrected chi connectivity index (χ1v) is 7.46. The third-order valence-electron chi connectivity index (χ3n) is 3.12. The summed E-state index contributed by atoms with van der Waals surface area (Å²) in [6.07, 6.45) is 1.47. The molecule has 7 heteroatoms. The maximum atomic E-state index is 12.2. The van der Waals surface area contributed by atoms with E-state index in [0.29, 0.717) is 16.3 Å². The highest BCUT2D eigenvalue weighted by atomic mass is 35.5. The lowest BCUT2D eigenvalue weighted by molar-refractivity contribution is 0.0958. The molecule has 0 spiro atoms. The van der Waals surface area contributed by atoms with E-state index in [1.165, 1.54) is 11.0 Å². The van der Waals surface area contributed by atoms with E-state index in [1.807, 2.05) is 18.2 Å². The number of hydrogen-bond acceptors (Lipinski definition) is 4. The minimum atomic E-state index is -0.217. The number of carbonyl (C=O) groups is 1. The average Bonchev–Trinajstić information content (AvgIpc) is 3.13. The molecule has 0 aliphatic rings. The van der Waals surface area contributed by atoms with Gasteiger partial charge in [0, 0.05) is 16.1 Å². The summed E-state index contributed by atoms with van der Waals surface area (Å²) in [4.78, 5) is 12.2. The molecule has 0 aliphatic carbocycles. The summed E-state index contributed by atoms with van der Waals surface area (Å²) >= 11 is 5.89. The number of aromatic nitrogens is 4. The van der Waals surface area contributed by atoms with Gasteiger partial charge in [-0.1, -0.05) is 35.6 Å². The Hall–Kier alpha value is -3.17. The van der Waals surface area contributed by atoms with Gasteiger partial charge in [-0.3, -0.25) is 4.79 Å². The molecule has 118 valence electrons. The first-order chi connectivity index (χ1) is 11.7. The van der Waals surface area contributed by atoms with Crippen molar-refractivity contribution < 1.29 is 4.79 Å². The Morgan fingerprint density at radius 1 is 1.21 bits per heavy atom. The highest BCUT2D eigenvalue weighted by Gasteiger charge is 2.06. The van der Waals surface area contributed by atoms with Crippen LogP contribution in [0.3, 0.4) is 0 Å². The molecule has 1 N–H and O–H groups in total. The average molecular weight is 338 g/mol. The molecule has 2 aromatic carbocycles. The number of amides is 1. The van der Waals surface area contributed by atoms with E-state index in [2.05, 4.69) is 32.7 Å². The molecular formula is C17H12ClN5O. The molecule has 3 rings (SSSR count). The van der Waals surface area contributed by atoms with Crippen molar-refractivity contribution >= 4 is 17.5 Å². The van der Waals surface area contributed by atoms with Crippen LogP contribution in [0.5, 0.6) is 0 Å². The number of nitrogens with one attached hydrogen (secondary N) is 1. The molecule has 0 saturated heterocycles. The third kappa shape index (κ3) is 3.97. The van der Waals surface area contributed by atoms with Crippen molar-refractivity contribution in [3.8, 4) is 17.5 Å². The van der Waals surface area contributed by atoms with Crippen LogP contribution in [0.15, 0.2) is 54.9 Å². The zero-order valence-corrected chi connectivity index (χ0v) is 13.2. The number of hydrogen-bond donors (Lipinski definition) is 1. The Bertz CT molecular complexity index is 912. The summed E-state index contributed by atoms with van der Waals surface area (Å²) in [5, 5.41) is 14.3. The Balaban J connectivity index is 1.63. The molecule has 0 radical (unpaired) electrons. The fourth-order valence-electron chi connectivity index (χ4n) is 2.01. The smallest absolute Gasteiger partial charge is 0.252 e. The van der Waals surface area contributed by atoms with Gasteiger partial charge >= 0.3 is 0 Å². The number of carbonyl (C=O) groups excluding carboxylic acids is 1. The van der Waals surface area contributed by atoms with Crippen LogP contribution >= 0.6 is 11.6 Å². The van der Waals surface area contributed by atoms with Crippen molar-refractivity contribution in [3.63, 3.8) is 0 Å². The van der Waals surface area contributed by atoms with Gasteiger partial charge in [-0.05, 0) is 46.8 Å². The van der Waals surface area contributed by atoms with E-state index in [9.17, 15) is 4.79 Å². The van der Waals surface area contributed by atoms with Crippen LogP contribution < -0.4 is 5.32 Å². The molecule has 1 amide bonds. The van der Waals surface area contributed by atoms with Gasteiger partial charge in [0.2, 0.25) is 0 Å². The highest BCUT2D eigenvalue weighted by molar-refractivity contribution is 6.30. The summed E-state index contributed by atoms with van der Waals surface area (Å²) in [6, 6.07) is 14.2. The maximum Gasteiger partial charge on any atom is 0.252 e. The molecule has 6 nitrogen and oxygen atoms in total. The number of rotatable bonds is 3. The van der Waals surface area contributed by atoms with Gasteiger partial charge in [-0.25, -0.2) is 4.68 Å². The predicted octanol–water partition coefficient (Wildman–Crippen LogP) is 2.10. The first kappa shape index (κ1) is 15.7. The minimum absolute atomic E-state index is 0.217. The highest BCUT2D eigenvalue weighted by Crippen LogP contribution is 2.09. The number of benzene rings is 2. The van der Waals surface area contributed by atoms with Crippen molar-refractivity contribution in [2.75, 3.05) is 6.54 Å². The van der Waals surface area contributed by atoms with Crippen LogP contribution in [0, 0.1) is 11.8 Å². The molecule has 0 bridgehead atoms. The fourth-order valence-corrected chi connectivity index (χ4v) is 2.20. The summed E-state index contributed by atoms with van der Waals surface area (Å²) in [5.74, 6) is 5.62. The number of tetrazole rings is 1. The summed E-state index contributed by atoms with van der Waals surface area (Å²) in [7, 11) is 0. The van der Waals surface area contributed by atoms with Crippen molar-refractivity contribution in [2.24, 2.45) is 0 Å². The van der Waals surface area contributed by atoms with Crippen LogP contribution in [0.25, 0.3) is 5.69 Å². The van der Waals surface area contributed by atoms with E-state index < -0.39 is 0 Å². The van der Waals surface area contributed by atoms with Gasteiger partial charge < -0.3 is 5.32 Å². The largest absolute Gasteiger partial charge is 0.341 e. The van der Waals surface area contributed by atoms with Crippen LogP contribution in [-0.4, -0.2) is 32.7 Å². The monoisotopic (exact) mass is 337 g/mol. The molecular weight excluding hydrogens is 326 g/mol. The summed E-state index contributed by atoms with van der Waals surface area (Å²) < 4.78 is 1.48. The molecule has 0 fully saturated rings. The Morgan fingerprint density at radius 2 is 2.08 bits per heavy atom. The summed E-state index contributed by atoms with van der Waals surface area (Å²) in [6.45, 7) is 0.237. The molecule has 3 aromatic rings. The van der Waals surface area contributed by atoms with E-state index in [4.69, 9.17) is 11.6 Å². The lowest BCUT2D eigenvalue weighted by Crippen LogP contribution is -2.23. The zero-order chi connectivity index (χ0) is 16.8. The molecule has 0 saturated carbocycles. The fraction of sp³-hybridized carbons (Fsp3) is 0.0588. The van der Waals surface area contributed by atoms with Crippen molar-refractivity contribution in [2.45, 2.75) is 0 Å². The SMILES string of the molecule is O=C(NCC#Cc1cccc(Cl)c1)c1cccc(-n2cnnn2)c1. The number of halogens is 1. The van der Waals surface area contributed by atoms with E-state index in [-0.39, 0.29) is 12.5 Å². The lowest BCUT2D eigenvalue weighted by Gasteiger charge is -2.04. The van der Waals surface area contributed by atoms with Crippen LogP contribution in [0.1, 0.15) is 15.9 Å². The molecule has 24 heavy (non-hydrogen) atoms. The van der Waals surface area contributed by atoms with Gasteiger partial charge in [0.05, 0.1) is 12.2 Å². The van der Waals surface area contributed by atoms with Crippen LogP contribution in [0.4, 0.5) is 0 Å². The van der Waals surface area contributed by atoms with Crippen molar-refractivity contribution in [3.05, 3.63) is 71.0 Å². The van der Waals surface area contributed by atoms with E-state index >= 15 is 0 Å². The molecule has 1 heterocycles. The van der Waals surface area contributed by atoms with Gasteiger partial charge in [0.25, 0.3) is 5.91 Å². The van der Waals surface area contributed by atoms with Crippen molar-refractivity contribution in [1.82, 2.24) is 25.5 Å². The lowest BCUT2D eigenvalue weighted by atomic mass is 10.2. The standard InChI is InChI=1S/C17H12ClN5O/c18-15-7-1-4-13(10-15)5-3-9-19-17(24)14-6-2-8-16(11-14)23-12-20-21-22-23/h1-2,4,6-8,10-12H,9H2,(H,19,24). The normalized spacial score (nSPS) is 9.88. The third-order valence-corrected chi connectivity index (χ3v) is 3.35. The summed E-state index contributed by atoms with van der Waals surface area (Å²) in [5.41, 5.74) is 2.02. The number of nitrogens with zero attached hydrogens (tertiary/aromatic N) is 4. The van der Waals surface area contributed by atoms with Crippen LogP contribution in [0.2, 0.25) is 5.02 Å². The quantitative estimate of drug-likeness (QED) is 0.743. The van der Waals surface area contributed by atoms with Gasteiger partial charge in [-0.2, -0.15) is 0 Å². The predicted molar refractivity (Wildman–Crippen MR) is 89.8 cm³/mol. The van der Waals surface area contributed by atoms with E-state index in [0.717, 1.165) is 5.56 Å². The van der Waals surface area contributed by atoms with E-state index in [1.54, 1.807) is 30.3 Å². The first-order valence-electron chi connectivity index (χ1n) is 7.08. The Kier molecular flexibility index (Phi) is 4.84. The molecule has 0 aliphatic heterocycles. The second-order valence-electron chi connectivity index (χ2n) is 4.80. The molecule has 0 unspecified atom stereocenters. The van der Waals surface area contributed by atoms with Gasteiger partial charge in [0.15, 0.2) is 0 Å². The molecule has 0 atom stereocenters. The Labute approximate surface area is 143 Å². The topological polar surface area (TPSA) is 72.7 Å². The van der Waals surface area contributed by atoms with Gasteiger partial charge in [0.1, 0.15) is 6.33 Å². The van der Waals surface area contributed by atoms with Crippen LogP contribution in [-0.2, 0) is 0 Å². The molecule has 1 aromatic heterocycles. The second kappa shape index (κ2) is 7.40. The Morgan fingerprint density at radius 3 is 2.88 bits per heavy atom. The second-order valence-corrected chi connectivity index (χ2v) is 5.24.